The third-order valence-electron chi connectivity index (χ3n) is 3.48. The number of aromatic nitrogens is 2. The van der Waals surface area contributed by atoms with E-state index in [2.05, 4.69) is 28.8 Å². The van der Waals surface area contributed by atoms with Crippen molar-refractivity contribution >= 4 is 11.5 Å². The highest BCUT2D eigenvalue weighted by atomic mass is 32.1. The Morgan fingerprint density at radius 1 is 1.50 bits per heavy atom. The van der Waals surface area contributed by atoms with Gasteiger partial charge in [-0.1, -0.05) is 18.3 Å². The predicted octanol–water partition coefficient (Wildman–Crippen LogP) is 2.57. The first-order chi connectivity index (χ1) is 8.86. The molecule has 2 rings (SSSR count). The van der Waals surface area contributed by atoms with Crippen LogP contribution in [0.2, 0.25) is 0 Å². The lowest BCUT2D eigenvalue weighted by Crippen LogP contribution is -2.34. The average Bonchev–Trinajstić information content (AvgIpc) is 2.89. The molecule has 0 spiro atoms. The largest absolute Gasteiger partial charge is 0.381 e. The van der Waals surface area contributed by atoms with Gasteiger partial charge in [-0.25, -0.2) is 0 Å². The minimum absolute atomic E-state index is 0.375. The molecule has 1 fully saturated rings. The van der Waals surface area contributed by atoms with E-state index >= 15 is 0 Å². The molecule has 0 saturated carbocycles. The van der Waals surface area contributed by atoms with E-state index in [1.54, 1.807) is 11.5 Å². The summed E-state index contributed by atoms with van der Waals surface area (Å²) in [5, 5.41) is 7.91. The average molecular weight is 269 g/mol. The van der Waals surface area contributed by atoms with Crippen molar-refractivity contribution in [2.75, 3.05) is 19.8 Å². The van der Waals surface area contributed by atoms with Crippen LogP contribution in [0.25, 0.3) is 0 Å². The SMILES string of the molecule is CCCNC(c1snnc1CC)C1CCCOC1. The molecule has 2 atom stereocenters. The Hall–Kier alpha value is -0.520. The first-order valence-corrected chi connectivity index (χ1v) is 7.76. The Labute approximate surface area is 113 Å². The van der Waals surface area contributed by atoms with Crippen LogP contribution in [-0.2, 0) is 11.2 Å². The second-order valence-electron chi connectivity index (χ2n) is 4.85. The molecule has 0 aromatic carbocycles. The molecule has 1 aliphatic heterocycles. The van der Waals surface area contributed by atoms with Crippen LogP contribution in [0, 0.1) is 5.92 Å². The zero-order valence-electron chi connectivity index (χ0n) is 11.3. The van der Waals surface area contributed by atoms with E-state index in [1.807, 2.05) is 0 Å². The summed E-state index contributed by atoms with van der Waals surface area (Å²) in [6.07, 6.45) is 4.52. The van der Waals surface area contributed by atoms with Gasteiger partial charge in [0.05, 0.1) is 23.2 Å². The Balaban J connectivity index is 2.12. The third kappa shape index (κ3) is 3.28. The summed E-state index contributed by atoms with van der Waals surface area (Å²) in [5.41, 5.74) is 1.15. The molecule has 102 valence electrons. The van der Waals surface area contributed by atoms with Crippen molar-refractivity contribution in [3.8, 4) is 0 Å². The molecule has 0 bridgehead atoms. The van der Waals surface area contributed by atoms with E-state index in [-0.39, 0.29) is 0 Å². The summed E-state index contributed by atoms with van der Waals surface area (Å²) >= 11 is 1.55. The fourth-order valence-electron chi connectivity index (χ4n) is 2.50. The van der Waals surface area contributed by atoms with Gasteiger partial charge in [0.2, 0.25) is 0 Å². The molecule has 18 heavy (non-hydrogen) atoms. The summed E-state index contributed by atoms with van der Waals surface area (Å²) in [5.74, 6) is 0.567. The third-order valence-corrected chi connectivity index (χ3v) is 4.33. The Morgan fingerprint density at radius 2 is 2.39 bits per heavy atom. The predicted molar refractivity (Wildman–Crippen MR) is 73.9 cm³/mol. The topological polar surface area (TPSA) is 47.0 Å². The maximum atomic E-state index is 5.64. The normalized spacial score (nSPS) is 22.0. The van der Waals surface area contributed by atoms with Gasteiger partial charge in [-0.2, -0.15) is 0 Å². The molecular weight excluding hydrogens is 246 g/mol. The monoisotopic (exact) mass is 269 g/mol. The van der Waals surface area contributed by atoms with Gasteiger partial charge < -0.3 is 10.1 Å². The van der Waals surface area contributed by atoms with E-state index in [1.165, 1.54) is 17.7 Å². The van der Waals surface area contributed by atoms with Crippen LogP contribution < -0.4 is 5.32 Å². The molecule has 4 nitrogen and oxygen atoms in total. The minimum atomic E-state index is 0.375. The number of nitrogens with zero attached hydrogens (tertiary/aromatic N) is 2. The van der Waals surface area contributed by atoms with Crippen LogP contribution in [0.5, 0.6) is 0 Å². The highest BCUT2D eigenvalue weighted by Crippen LogP contribution is 2.32. The van der Waals surface area contributed by atoms with Crippen LogP contribution in [0.4, 0.5) is 0 Å². The molecule has 1 aromatic rings. The molecule has 0 amide bonds. The van der Waals surface area contributed by atoms with E-state index in [0.717, 1.165) is 38.3 Å². The van der Waals surface area contributed by atoms with Crippen molar-refractivity contribution in [2.24, 2.45) is 5.92 Å². The lowest BCUT2D eigenvalue weighted by atomic mass is 9.91. The van der Waals surface area contributed by atoms with Crippen molar-refractivity contribution in [3.63, 3.8) is 0 Å². The van der Waals surface area contributed by atoms with Gasteiger partial charge in [0.15, 0.2) is 0 Å². The molecule has 0 aliphatic carbocycles. The van der Waals surface area contributed by atoms with E-state index in [4.69, 9.17) is 4.74 Å². The van der Waals surface area contributed by atoms with Gasteiger partial charge in [-0.05, 0) is 43.8 Å². The van der Waals surface area contributed by atoms with Gasteiger partial charge in [0.1, 0.15) is 0 Å². The van der Waals surface area contributed by atoms with Crippen LogP contribution in [0.15, 0.2) is 0 Å². The second-order valence-corrected chi connectivity index (χ2v) is 5.63. The van der Waals surface area contributed by atoms with Crippen molar-refractivity contribution < 1.29 is 4.74 Å². The summed E-state index contributed by atoms with van der Waals surface area (Å²) in [4.78, 5) is 1.32. The molecule has 2 unspecified atom stereocenters. The maximum Gasteiger partial charge on any atom is 0.0801 e. The number of aryl methyl sites for hydroxylation is 1. The fraction of sp³-hybridized carbons (Fsp3) is 0.846. The van der Waals surface area contributed by atoms with Crippen LogP contribution >= 0.6 is 11.5 Å². The molecule has 1 N–H and O–H groups in total. The summed E-state index contributed by atoms with van der Waals surface area (Å²) in [6, 6.07) is 0.375. The smallest absolute Gasteiger partial charge is 0.0801 e. The van der Waals surface area contributed by atoms with Gasteiger partial charge in [-0.15, -0.1) is 5.10 Å². The maximum absolute atomic E-state index is 5.64. The van der Waals surface area contributed by atoms with Gasteiger partial charge >= 0.3 is 0 Å². The van der Waals surface area contributed by atoms with Crippen molar-refractivity contribution in [2.45, 2.75) is 45.6 Å². The standard InChI is InChI=1S/C13H23N3OS/c1-3-7-14-12(10-6-5-8-17-9-10)13-11(4-2)15-16-18-13/h10,12,14H,3-9H2,1-2H3. The molecule has 1 saturated heterocycles. The van der Waals surface area contributed by atoms with Gasteiger partial charge in [0.25, 0.3) is 0 Å². The first kappa shape index (κ1) is 13.9. The molecule has 1 aromatic heterocycles. The number of hydrogen-bond donors (Lipinski definition) is 1. The zero-order valence-corrected chi connectivity index (χ0v) is 12.1. The number of hydrogen-bond acceptors (Lipinski definition) is 5. The lowest BCUT2D eigenvalue weighted by Gasteiger charge is -2.30. The van der Waals surface area contributed by atoms with Crippen LogP contribution in [0.1, 0.15) is 49.7 Å². The van der Waals surface area contributed by atoms with E-state index < -0.39 is 0 Å². The van der Waals surface area contributed by atoms with E-state index in [9.17, 15) is 0 Å². The van der Waals surface area contributed by atoms with Crippen molar-refractivity contribution in [3.05, 3.63) is 10.6 Å². The van der Waals surface area contributed by atoms with Gasteiger partial charge in [-0.3, -0.25) is 0 Å². The number of ether oxygens (including phenoxy) is 1. The molecule has 0 radical (unpaired) electrons. The minimum Gasteiger partial charge on any atom is -0.381 e. The summed E-state index contributed by atoms with van der Waals surface area (Å²) in [6.45, 7) is 7.17. The second kappa shape index (κ2) is 7.16. The summed E-state index contributed by atoms with van der Waals surface area (Å²) in [7, 11) is 0. The van der Waals surface area contributed by atoms with Gasteiger partial charge in [0, 0.05) is 12.5 Å². The zero-order chi connectivity index (χ0) is 12.8. The highest BCUT2D eigenvalue weighted by molar-refractivity contribution is 7.05. The fourth-order valence-corrected chi connectivity index (χ4v) is 3.41. The quantitative estimate of drug-likeness (QED) is 0.862. The van der Waals surface area contributed by atoms with Crippen LogP contribution in [0.3, 0.4) is 0 Å². The summed E-state index contributed by atoms with van der Waals surface area (Å²) < 4.78 is 9.77. The lowest BCUT2D eigenvalue weighted by molar-refractivity contribution is 0.0394. The number of rotatable bonds is 6. The highest BCUT2D eigenvalue weighted by Gasteiger charge is 2.28. The van der Waals surface area contributed by atoms with E-state index in [0.29, 0.717) is 12.0 Å². The van der Waals surface area contributed by atoms with Crippen LogP contribution in [-0.4, -0.2) is 29.3 Å². The number of nitrogens with one attached hydrogen (secondary N) is 1. The molecule has 1 aliphatic rings. The van der Waals surface area contributed by atoms with Crippen molar-refractivity contribution in [1.82, 2.24) is 14.9 Å². The molecule has 2 heterocycles. The Kier molecular flexibility index (Phi) is 5.53. The molecule has 5 heteroatoms. The first-order valence-electron chi connectivity index (χ1n) is 6.99. The van der Waals surface area contributed by atoms with Crippen molar-refractivity contribution in [1.29, 1.82) is 0 Å². The molecular formula is C13H23N3OS. The Morgan fingerprint density at radius 3 is 3.06 bits per heavy atom. The Bertz CT molecular complexity index is 350.